The van der Waals surface area contributed by atoms with Crippen molar-refractivity contribution in [2.45, 2.75) is 38.3 Å². The molecule has 2 rings (SSSR count). The third kappa shape index (κ3) is 2.21. The van der Waals surface area contributed by atoms with E-state index < -0.39 is 5.60 Å². The Labute approximate surface area is 90.3 Å². The van der Waals surface area contributed by atoms with E-state index in [1.54, 1.807) is 6.20 Å². The maximum Gasteiger partial charge on any atom is 0.105 e. The number of hydrogen-bond acceptors (Lipinski definition) is 3. The van der Waals surface area contributed by atoms with E-state index in [1.165, 1.54) is 0 Å². The first-order valence-electron chi connectivity index (χ1n) is 5.70. The van der Waals surface area contributed by atoms with Crippen LogP contribution >= 0.6 is 0 Å². The molecule has 1 aliphatic rings. The minimum Gasteiger partial charge on any atom is -0.384 e. The Kier molecular flexibility index (Phi) is 3.07. The first-order chi connectivity index (χ1) is 7.24. The molecule has 1 unspecified atom stereocenters. The number of hydrogen-bond donors (Lipinski definition) is 2. The van der Waals surface area contributed by atoms with Gasteiger partial charge in [-0.05, 0) is 25.8 Å². The molecule has 0 spiro atoms. The van der Waals surface area contributed by atoms with E-state index in [0.29, 0.717) is 6.54 Å². The second-order valence-electron chi connectivity index (χ2n) is 4.30. The minimum absolute atomic E-state index is 0.644. The molecule has 0 saturated carbocycles. The lowest BCUT2D eigenvalue weighted by molar-refractivity contribution is 0.0122. The molecule has 1 saturated heterocycles. The largest absolute Gasteiger partial charge is 0.384 e. The monoisotopic (exact) mass is 209 g/mol. The number of nitrogens with one attached hydrogen (secondary N) is 1. The summed E-state index contributed by atoms with van der Waals surface area (Å²) in [6.45, 7) is 4.69. The summed E-state index contributed by atoms with van der Waals surface area (Å²) in [4.78, 5) is 0. The van der Waals surface area contributed by atoms with Crippen molar-refractivity contribution in [2.75, 3.05) is 13.1 Å². The van der Waals surface area contributed by atoms with Crippen molar-refractivity contribution >= 4 is 0 Å². The van der Waals surface area contributed by atoms with Gasteiger partial charge in [-0.15, -0.1) is 0 Å². The normalized spacial score (nSPS) is 26.8. The van der Waals surface area contributed by atoms with E-state index in [4.69, 9.17) is 0 Å². The van der Waals surface area contributed by atoms with Crippen LogP contribution in [0.2, 0.25) is 0 Å². The summed E-state index contributed by atoms with van der Waals surface area (Å²) in [6.07, 6.45) is 6.68. The maximum atomic E-state index is 10.4. The molecule has 2 heterocycles. The standard InChI is InChI=1S/C11H19N3O/c1-2-6-14-8-10(7-13-14)11(15)4-3-5-12-9-11/h7-8,12,15H,2-6,9H2,1H3. The third-order valence-corrected chi connectivity index (χ3v) is 2.98. The molecular weight excluding hydrogens is 190 g/mol. The van der Waals surface area contributed by atoms with Crippen molar-refractivity contribution in [2.24, 2.45) is 0 Å². The van der Waals surface area contributed by atoms with Gasteiger partial charge in [0.05, 0.1) is 6.20 Å². The van der Waals surface area contributed by atoms with E-state index in [-0.39, 0.29) is 0 Å². The second kappa shape index (κ2) is 4.33. The Hall–Kier alpha value is -0.870. The number of aromatic nitrogens is 2. The highest BCUT2D eigenvalue weighted by atomic mass is 16.3. The van der Waals surface area contributed by atoms with Crippen molar-refractivity contribution in [3.63, 3.8) is 0 Å². The number of rotatable bonds is 3. The fourth-order valence-electron chi connectivity index (χ4n) is 2.09. The lowest BCUT2D eigenvalue weighted by Crippen LogP contribution is -2.43. The molecule has 2 N–H and O–H groups in total. The zero-order valence-corrected chi connectivity index (χ0v) is 9.24. The van der Waals surface area contributed by atoms with E-state index in [0.717, 1.165) is 37.9 Å². The predicted molar refractivity (Wildman–Crippen MR) is 58.5 cm³/mol. The minimum atomic E-state index is -0.704. The van der Waals surface area contributed by atoms with Crippen LogP contribution in [0.15, 0.2) is 12.4 Å². The summed E-state index contributed by atoms with van der Waals surface area (Å²) in [5.74, 6) is 0. The van der Waals surface area contributed by atoms with Gasteiger partial charge >= 0.3 is 0 Å². The fourth-order valence-corrected chi connectivity index (χ4v) is 2.09. The van der Waals surface area contributed by atoms with Crippen molar-refractivity contribution in [1.82, 2.24) is 15.1 Å². The summed E-state index contributed by atoms with van der Waals surface area (Å²) in [5.41, 5.74) is 0.243. The van der Waals surface area contributed by atoms with Gasteiger partial charge < -0.3 is 10.4 Å². The zero-order chi connectivity index (χ0) is 10.7. The van der Waals surface area contributed by atoms with Gasteiger partial charge in [0.1, 0.15) is 5.60 Å². The summed E-state index contributed by atoms with van der Waals surface area (Å²) in [6, 6.07) is 0. The summed E-state index contributed by atoms with van der Waals surface area (Å²) in [7, 11) is 0. The van der Waals surface area contributed by atoms with Gasteiger partial charge in [-0.1, -0.05) is 6.92 Å². The van der Waals surface area contributed by atoms with Crippen LogP contribution < -0.4 is 5.32 Å². The topological polar surface area (TPSA) is 50.1 Å². The number of aryl methyl sites for hydroxylation is 1. The molecule has 0 amide bonds. The molecule has 0 aromatic carbocycles. The van der Waals surface area contributed by atoms with Crippen LogP contribution in [0.4, 0.5) is 0 Å². The van der Waals surface area contributed by atoms with E-state index in [2.05, 4.69) is 17.3 Å². The lowest BCUT2D eigenvalue weighted by atomic mass is 9.89. The van der Waals surface area contributed by atoms with Crippen LogP contribution in [-0.2, 0) is 12.1 Å². The highest BCUT2D eigenvalue weighted by Gasteiger charge is 2.32. The molecule has 1 aromatic rings. The first-order valence-corrected chi connectivity index (χ1v) is 5.70. The molecule has 84 valence electrons. The molecule has 0 aliphatic carbocycles. The molecule has 4 nitrogen and oxygen atoms in total. The van der Waals surface area contributed by atoms with Gasteiger partial charge in [0, 0.05) is 24.8 Å². The van der Waals surface area contributed by atoms with Gasteiger partial charge in [-0.2, -0.15) is 5.10 Å². The van der Waals surface area contributed by atoms with Gasteiger partial charge in [-0.25, -0.2) is 0 Å². The Bertz CT molecular complexity index is 315. The molecule has 1 atom stereocenters. The van der Waals surface area contributed by atoms with Crippen LogP contribution in [0.25, 0.3) is 0 Å². The van der Waals surface area contributed by atoms with Crippen LogP contribution in [0, 0.1) is 0 Å². The van der Waals surface area contributed by atoms with Crippen LogP contribution in [0.3, 0.4) is 0 Å². The quantitative estimate of drug-likeness (QED) is 0.776. The van der Waals surface area contributed by atoms with Gasteiger partial charge in [0.15, 0.2) is 0 Å². The van der Waals surface area contributed by atoms with Gasteiger partial charge in [0.2, 0.25) is 0 Å². The molecule has 1 fully saturated rings. The van der Waals surface area contributed by atoms with Crippen molar-refractivity contribution in [3.8, 4) is 0 Å². The third-order valence-electron chi connectivity index (χ3n) is 2.98. The zero-order valence-electron chi connectivity index (χ0n) is 9.24. The number of aliphatic hydroxyl groups is 1. The highest BCUT2D eigenvalue weighted by molar-refractivity contribution is 5.16. The Balaban J connectivity index is 2.12. The van der Waals surface area contributed by atoms with E-state index in [9.17, 15) is 5.11 Å². The van der Waals surface area contributed by atoms with Gasteiger partial charge in [-0.3, -0.25) is 4.68 Å². The van der Waals surface area contributed by atoms with E-state index in [1.807, 2.05) is 10.9 Å². The number of piperidine rings is 1. The fraction of sp³-hybridized carbons (Fsp3) is 0.727. The average Bonchev–Trinajstić information content (AvgIpc) is 2.69. The Morgan fingerprint density at radius 2 is 2.53 bits per heavy atom. The summed E-state index contributed by atoms with van der Waals surface area (Å²) >= 11 is 0. The number of β-amino-alcohol motifs (C(OH)–C–C–N with tert-alkyl or cyclic N) is 1. The van der Waals surface area contributed by atoms with Crippen molar-refractivity contribution in [1.29, 1.82) is 0 Å². The van der Waals surface area contributed by atoms with Crippen LogP contribution in [0.5, 0.6) is 0 Å². The maximum absolute atomic E-state index is 10.4. The van der Waals surface area contributed by atoms with E-state index >= 15 is 0 Å². The van der Waals surface area contributed by atoms with Crippen LogP contribution in [-0.4, -0.2) is 28.0 Å². The highest BCUT2D eigenvalue weighted by Crippen LogP contribution is 2.27. The molecule has 4 heteroatoms. The average molecular weight is 209 g/mol. The van der Waals surface area contributed by atoms with Crippen molar-refractivity contribution in [3.05, 3.63) is 18.0 Å². The lowest BCUT2D eigenvalue weighted by Gasteiger charge is -2.31. The predicted octanol–water partition coefficient (Wildman–Crippen LogP) is 0.864. The molecule has 0 bridgehead atoms. The van der Waals surface area contributed by atoms with Crippen molar-refractivity contribution < 1.29 is 5.11 Å². The number of nitrogens with zero attached hydrogens (tertiary/aromatic N) is 2. The Morgan fingerprint density at radius 1 is 1.67 bits per heavy atom. The molecule has 15 heavy (non-hydrogen) atoms. The molecule has 1 aromatic heterocycles. The molecule has 0 radical (unpaired) electrons. The smallest absolute Gasteiger partial charge is 0.105 e. The summed E-state index contributed by atoms with van der Waals surface area (Å²) < 4.78 is 1.90. The first kappa shape index (κ1) is 10.6. The Morgan fingerprint density at radius 3 is 3.20 bits per heavy atom. The molecular formula is C11H19N3O. The second-order valence-corrected chi connectivity index (χ2v) is 4.30. The van der Waals surface area contributed by atoms with Crippen LogP contribution in [0.1, 0.15) is 31.7 Å². The molecule has 1 aliphatic heterocycles. The summed E-state index contributed by atoms with van der Waals surface area (Å²) in [5, 5.41) is 17.9. The van der Waals surface area contributed by atoms with Gasteiger partial charge in [0.25, 0.3) is 0 Å². The SMILES string of the molecule is CCCn1cc(C2(O)CCCNC2)cn1.